The van der Waals surface area contributed by atoms with Crippen LogP contribution in [0.5, 0.6) is 5.88 Å². The second-order valence-corrected chi connectivity index (χ2v) is 4.58. The third kappa shape index (κ3) is 2.68. The van der Waals surface area contributed by atoms with E-state index in [0.717, 1.165) is 11.4 Å². The molecule has 0 bridgehead atoms. The van der Waals surface area contributed by atoms with Gasteiger partial charge in [0.1, 0.15) is 5.69 Å². The first-order valence-electron chi connectivity index (χ1n) is 6.47. The number of aromatic nitrogens is 5. The summed E-state index contributed by atoms with van der Waals surface area (Å²) in [5.41, 5.74) is 1.54. The van der Waals surface area contributed by atoms with Crippen LogP contribution in [0.1, 0.15) is 6.92 Å². The molecule has 3 heterocycles. The van der Waals surface area contributed by atoms with Crippen molar-refractivity contribution in [3.05, 3.63) is 47.5 Å². The molecule has 0 amide bonds. The van der Waals surface area contributed by atoms with Crippen molar-refractivity contribution in [1.29, 1.82) is 0 Å². The summed E-state index contributed by atoms with van der Waals surface area (Å²) in [7, 11) is 0. The van der Waals surface area contributed by atoms with E-state index in [1.165, 1.54) is 0 Å². The van der Waals surface area contributed by atoms with Gasteiger partial charge in [0.2, 0.25) is 5.88 Å². The van der Waals surface area contributed by atoms with Crippen molar-refractivity contribution in [3.63, 3.8) is 0 Å². The van der Waals surface area contributed by atoms with Crippen LogP contribution in [0.2, 0.25) is 0 Å². The Hall–Kier alpha value is -2.54. The largest absolute Gasteiger partial charge is 0.478 e. The van der Waals surface area contributed by atoms with Crippen molar-refractivity contribution < 1.29 is 4.74 Å². The zero-order valence-corrected chi connectivity index (χ0v) is 12.2. The molecule has 0 radical (unpaired) electrons. The summed E-state index contributed by atoms with van der Waals surface area (Å²) in [4.78, 5) is 8.55. The first-order chi connectivity index (χ1) is 10.3. The Morgan fingerprint density at radius 2 is 2.14 bits per heavy atom. The minimum atomic E-state index is 0.488. The highest BCUT2D eigenvalue weighted by molar-refractivity contribution is 7.71. The molecular formula is C14H13N5OS. The third-order valence-electron chi connectivity index (χ3n) is 2.84. The number of aromatic amines is 1. The van der Waals surface area contributed by atoms with Gasteiger partial charge in [-0.2, -0.15) is 5.10 Å². The van der Waals surface area contributed by atoms with Crippen molar-refractivity contribution >= 4 is 12.2 Å². The van der Waals surface area contributed by atoms with Crippen LogP contribution < -0.4 is 4.74 Å². The van der Waals surface area contributed by atoms with Gasteiger partial charge in [-0.05, 0) is 37.3 Å². The molecule has 3 aromatic rings. The number of H-pyrrole nitrogens is 1. The summed E-state index contributed by atoms with van der Waals surface area (Å²) in [6.45, 7) is 2.50. The number of ether oxygens (including phenoxy) is 1. The van der Waals surface area contributed by atoms with Gasteiger partial charge in [0, 0.05) is 12.3 Å². The van der Waals surface area contributed by atoms with Crippen LogP contribution in [0.25, 0.3) is 17.2 Å². The zero-order valence-electron chi connectivity index (χ0n) is 11.4. The molecule has 0 atom stereocenters. The molecular weight excluding hydrogens is 286 g/mol. The molecule has 3 rings (SSSR count). The summed E-state index contributed by atoms with van der Waals surface area (Å²) < 4.78 is 7.62. The van der Waals surface area contributed by atoms with E-state index < -0.39 is 0 Å². The minimum absolute atomic E-state index is 0.488. The van der Waals surface area contributed by atoms with Gasteiger partial charge in [-0.3, -0.25) is 14.6 Å². The molecule has 1 N–H and O–H groups in total. The van der Waals surface area contributed by atoms with Gasteiger partial charge >= 0.3 is 0 Å². The Morgan fingerprint density at radius 3 is 2.81 bits per heavy atom. The zero-order chi connectivity index (χ0) is 14.7. The Labute approximate surface area is 126 Å². The Balaban J connectivity index is 2.06. The first-order valence-corrected chi connectivity index (χ1v) is 6.88. The van der Waals surface area contributed by atoms with E-state index in [1.807, 2.05) is 31.2 Å². The summed E-state index contributed by atoms with van der Waals surface area (Å²) in [6.07, 6.45) is 3.41. The fourth-order valence-corrected chi connectivity index (χ4v) is 2.18. The maximum Gasteiger partial charge on any atom is 0.213 e. The summed E-state index contributed by atoms with van der Waals surface area (Å²) in [6, 6.07) is 9.32. The topological polar surface area (TPSA) is 68.6 Å². The van der Waals surface area contributed by atoms with Crippen molar-refractivity contribution in [3.8, 4) is 23.1 Å². The van der Waals surface area contributed by atoms with Gasteiger partial charge in [-0.1, -0.05) is 6.07 Å². The van der Waals surface area contributed by atoms with E-state index in [9.17, 15) is 0 Å². The fourth-order valence-electron chi connectivity index (χ4n) is 1.94. The maximum atomic E-state index is 5.34. The van der Waals surface area contributed by atoms with Gasteiger partial charge in [0.25, 0.3) is 0 Å². The molecule has 21 heavy (non-hydrogen) atoms. The second-order valence-electron chi connectivity index (χ2n) is 4.19. The van der Waals surface area contributed by atoms with Gasteiger partial charge < -0.3 is 4.74 Å². The molecule has 0 fully saturated rings. The van der Waals surface area contributed by atoms with E-state index >= 15 is 0 Å². The standard InChI is InChI=1S/C14H13N5OS/c1-2-20-12-7-6-10(9-16-12)19-13(17-18-14(19)21)11-5-3-4-8-15-11/h3-9H,2H2,1H3,(H,18,21). The molecule has 0 saturated carbocycles. The molecule has 0 aliphatic rings. The first kappa shape index (κ1) is 13.4. The molecule has 0 aromatic carbocycles. The summed E-state index contributed by atoms with van der Waals surface area (Å²) in [5.74, 6) is 1.22. The number of pyridine rings is 2. The SMILES string of the molecule is CCOc1ccc(-n2c(-c3ccccn3)n[nH]c2=S)cn1. The van der Waals surface area contributed by atoms with Gasteiger partial charge in [0.05, 0.1) is 18.5 Å². The van der Waals surface area contributed by atoms with Gasteiger partial charge in [0.15, 0.2) is 10.6 Å². The molecule has 0 aliphatic heterocycles. The molecule has 0 aliphatic carbocycles. The number of hydrogen-bond acceptors (Lipinski definition) is 5. The Kier molecular flexibility index (Phi) is 3.74. The van der Waals surface area contributed by atoms with Crippen LogP contribution in [0.3, 0.4) is 0 Å². The lowest BCUT2D eigenvalue weighted by atomic mass is 10.3. The average molecular weight is 299 g/mol. The molecule has 6 nitrogen and oxygen atoms in total. The molecule has 0 spiro atoms. The number of rotatable bonds is 4. The maximum absolute atomic E-state index is 5.34. The van der Waals surface area contributed by atoms with E-state index in [-0.39, 0.29) is 0 Å². The quantitative estimate of drug-likeness (QED) is 0.750. The van der Waals surface area contributed by atoms with Crippen molar-refractivity contribution in [1.82, 2.24) is 24.7 Å². The molecule has 0 saturated heterocycles. The van der Waals surface area contributed by atoms with Crippen molar-refractivity contribution in [2.24, 2.45) is 0 Å². The van der Waals surface area contributed by atoms with Crippen molar-refractivity contribution in [2.45, 2.75) is 6.92 Å². The highest BCUT2D eigenvalue weighted by Crippen LogP contribution is 2.20. The van der Waals surface area contributed by atoms with Crippen LogP contribution in [-0.4, -0.2) is 31.3 Å². The summed E-state index contributed by atoms with van der Waals surface area (Å²) in [5, 5.41) is 7.04. The fraction of sp³-hybridized carbons (Fsp3) is 0.143. The van der Waals surface area contributed by atoms with Gasteiger partial charge in [-0.25, -0.2) is 4.98 Å². The molecule has 7 heteroatoms. The van der Waals surface area contributed by atoms with Crippen LogP contribution >= 0.6 is 12.2 Å². The number of nitrogens with zero attached hydrogens (tertiary/aromatic N) is 4. The molecule has 3 aromatic heterocycles. The summed E-state index contributed by atoms with van der Waals surface area (Å²) >= 11 is 5.30. The predicted molar refractivity (Wildman–Crippen MR) is 80.9 cm³/mol. The van der Waals surface area contributed by atoms with E-state index in [2.05, 4.69) is 20.2 Å². The Morgan fingerprint density at radius 1 is 1.24 bits per heavy atom. The van der Waals surface area contributed by atoms with E-state index in [4.69, 9.17) is 17.0 Å². The molecule has 106 valence electrons. The normalized spacial score (nSPS) is 10.5. The lowest BCUT2D eigenvalue weighted by Crippen LogP contribution is -2.00. The second kappa shape index (κ2) is 5.84. The number of hydrogen-bond donors (Lipinski definition) is 1. The van der Waals surface area contributed by atoms with E-state index in [0.29, 0.717) is 23.1 Å². The predicted octanol–water partition coefficient (Wildman–Crippen LogP) is 2.79. The average Bonchev–Trinajstić information content (AvgIpc) is 2.91. The Bertz CT molecular complexity index is 779. The van der Waals surface area contributed by atoms with Crippen molar-refractivity contribution in [2.75, 3.05) is 6.61 Å². The van der Waals surface area contributed by atoms with Crippen LogP contribution in [0.15, 0.2) is 42.7 Å². The lowest BCUT2D eigenvalue weighted by molar-refractivity contribution is 0.327. The highest BCUT2D eigenvalue weighted by atomic mass is 32.1. The van der Waals surface area contributed by atoms with Crippen LogP contribution in [0.4, 0.5) is 0 Å². The third-order valence-corrected chi connectivity index (χ3v) is 3.11. The number of nitrogens with one attached hydrogen (secondary N) is 1. The van der Waals surface area contributed by atoms with Crippen LogP contribution in [-0.2, 0) is 0 Å². The van der Waals surface area contributed by atoms with E-state index in [1.54, 1.807) is 23.0 Å². The monoisotopic (exact) mass is 299 g/mol. The van der Waals surface area contributed by atoms with Crippen LogP contribution in [0, 0.1) is 4.77 Å². The molecule has 0 unspecified atom stereocenters. The lowest BCUT2D eigenvalue weighted by Gasteiger charge is -2.07. The van der Waals surface area contributed by atoms with Gasteiger partial charge in [-0.15, -0.1) is 0 Å². The smallest absolute Gasteiger partial charge is 0.213 e. The highest BCUT2D eigenvalue weighted by Gasteiger charge is 2.11. The minimum Gasteiger partial charge on any atom is -0.478 e.